The van der Waals surface area contributed by atoms with E-state index < -0.39 is 97.5 Å². The molecule has 17 nitrogen and oxygen atoms in total. The Kier molecular flexibility index (Phi) is 69.9. The number of phosphoric acid groups is 2. The SMILES string of the molecule is CC/C=C\C/C=C\C/C=C\C/C=C\C/C=C\CCCCCC(=O)OCC(COP(=O)(O)OCC(O)COP(=O)(O)OCC(COC(=O)CCCCCCCCC/C=C\C/C=C\C/C=C\CC)OC(=O)CCCCCCC/C=C\CCCC)OC(=O)CCCCCCCCCCCCCCC. The van der Waals surface area contributed by atoms with Gasteiger partial charge in [0, 0.05) is 25.7 Å². The normalized spacial score (nSPS) is 14.5. The molecule has 100 heavy (non-hydrogen) atoms. The summed E-state index contributed by atoms with van der Waals surface area (Å²) in [6.07, 6.45) is 77.9. The van der Waals surface area contributed by atoms with E-state index in [2.05, 4.69) is 137 Å². The highest BCUT2D eigenvalue weighted by molar-refractivity contribution is 7.47. The van der Waals surface area contributed by atoms with Gasteiger partial charge in [0.25, 0.3) is 0 Å². The first-order valence-electron chi connectivity index (χ1n) is 39.1. The number of aliphatic hydroxyl groups excluding tert-OH is 1. The van der Waals surface area contributed by atoms with Gasteiger partial charge in [-0.1, -0.05) is 285 Å². The minimum absolute atomic E-state index is 0.0814. The molecule has 0 saturated carbocycles. The molecule has 0 heterocycles. The first kappa shape index (κ1) is 95.7. The van der Waals surface area contributed by atoms with Crippen molar-refractivity contribution in [1.29, 1.82) is 0 Å². The summed E-state index contributed by atoms with van der Waals surface area (Å²) in [6, 6.07) is 0. The second-order valence-corrected chi connectivity index (χ2v) is 28.8. The fraction of sp³-hybridized carbons (Fsp3) is 0.728. The molecule has 0 aliphatic carbocycles. The number of carbonyl (C=O) groups excluding carboxylic acids is 4. The van der Waals surface area contributed by atoms with Crippen molar-refractivity contribution in [2.24, 2.45) is 0 Å². The van der Waals surface area contributed by atoms with Crippen LogP contribution in [-0.4, -0.2) is 96.7 Å². The zero-order valence-corrected chi connectivity index (χ0v) is 64.6. The van der Waals surface area contributed by atoms with Crippen LogP contribution in [0.3, 0.4) is 0 Å². The number of esters is 4. The predicted octanol–water partition coefficient (Wildman–Crippen LogP) is 22.6. The molecular formula is C81H140O17P2. The summed E-state index contributed by atoms with van der Waals surface area (Å²) in [5.74, 6) is -2.22. The van der Waals surface area contributed by atoms with Crippen molar-refractivity contribution >= 4 is 39.5 Å². The Bertz CT molecular complexity index is 2320. The van der Waals surface area contributed by atoms with E-state index in [1.165, 1.54) is 64.2 Å². The molecule has 0 fully saturated rings. The molecule has 0 amide bonds. The van der Waals surface area contributed by atoms with Gasteiger partial charge in [-0.15, -0.1) is 0 Å². The van der Waals surface area contributed by atoms with Crippen LogP contribution in [0, 0.1) is 0 Å². The molecule has 0 bridgehead atoms. The van der Waals surface area contributed by atoms with Crippen LogP contribution in [0.2, 0.25) is 0 Å². The average Bonchev–Trinajstić information content (AvgIpc) is 0.940. The summed E-state index contributed by atoms with van der Waals surface area (Å²) in [5, 5.41) is 10.6. The van der Waals surface area contributed by atoms with Crippen LogP contribution in [0.15, 0.2) is 109 Å². The number of carbonyl (C=O) groups is 4. The van der Waals surface area contributed by atoms with Crippen molar-refractivity contribution < 1.29 is 80.2 Å². The van der Waals surface area contributed by atoms with Crippen LogP contribution in [0.25, 0.3) is 0 Å². The van der Waals surface area contributed by atoms with Crippen LogP contribution in [0.1, 0.15) is 323 Å². The van der Waals surface area contributed by atoms with Crippen molar-refractivity contribution in [3.05, 3.63) is 109 Å². The number of allylic oxidation sites excluding steroid dienone is 18. The Labute approximate surface area is 607 Å². The van der Waals surface area contributed by atoms with Crippen molar-refractivity contribution in [1.82, 2.24) is 0 Å². The highest BCUT2D eigenvalue weighted by Crippen LogP contribution is 2.45. The molecule has 3 N–H and O–H groups in total. The van der Waals surface area contributed by atoms with E-state index in [0.29, 0.717) is 25.7 Å². The largest absolute Gasteiger partial charge is 0.472 e. The molecule has 5 unspecified atom stereocenters. The average molecular weight is 1450 g/mol. The lowest BCUT2D eigenvalue weighted by atomic mass is 10.0. The lowest BCUT2D eigenvalue weighted by Gasteiger charge is -2.21. The number of aliphatic hydroxyl groups is 1. The van der Waals surface area contributed by atoms with Crippen LogP contribution < -0.4 is 0 Å². The van der Waals surface area contributed by atoms with E-state index in [0.717, 1.165) is 180 Å². The minimum atomic E-state index is -4.98. The van der Waals surface area contributed by atoms with Crippen LogP contribution in [0.5, 0.6) is 0 Å². The van der Waals surface area contributed by atoms with E-state index in [-0.39, 0.29) is 25.7 Å². The van der Waals surface area contributed by atoms with Crippen LogP contribution in [0.4, 0.5) is 0 Å². The van der Waals surface area contributed by atoms with Gasteiger partial charge < -0.3 is 33.8 Å². The number of phosphoric ester groups is 2. The zero-order valence-electron chi connectivity index (χ0n) is 62.8. The maximum absolute atomic E-state index is 13.1. The van der Waals surface area contributed by atoms with Gasteiger partial charge in [0.1, 0.15) is 19.3 Å². The first-order chi connectivity index (χ1) is 48.7. The molecule has 19 heteroatoms. The monoisotopic (exact) mass is 1450 g/mol. The Hall–Kier alpha value is -4.28. The molecule has 0 aromatic heterocycles. The van der Waals surface area contributed by atoms with Crippen LogP contribution >= 0.6 is 15.6 Å². The fourth-order valence-corrected chi connectivity index (χ4v) is 11.9. The summed E-state index contributed by atoms with van der Waals surface area (Å²) in [7, 11) is -9.96. The second-order valence-electron chi connectivity index (χ2n) is 25.9. The molecule has 0 aromatic rings. The maximum atomic E-state index is 13.1. The van der Waals surface area contributed by atoms with Crippen LogP contribution in [-0.2, 0) is 65.4 Å². The Morgan fingerprint density at radius 1 is 0.290 bits per heavy atom. The quantitative estimate of drug-likeness (QED) is 0.0169. The predicted molar refractivity (Wildman–Crippen MR) is 408 cm³/mol. The third-order valence-corrected chi connectivity index (χ3v) is 18.1. The third kappa shape index (κ3) is 72.1. The molecular weight excluding hydrogens is 1310 g/mol. The third-order valence-electron chi connectivity index (χ3n) is 16.2. The Morgan fingerprint density at radius 3 is 0.850 bits per heavy atom. The van der Waals surface area contributed by atoms with E-state index in [9.17, 15) is 43.2 Å². The van der Waals surface area contributed by atoms with Gasteiger partial charge in [0.15, 0.2) is 12.2 Å². The summed E-state index contributed by atoms with van der Waals surface area (Å²) >= 11 is 0. The highest BCUT2D eigenvalue weighted by atomic mass is 31.2. The minimum Gasteiger partial charge on any atom is -0.462 e. The molecule has 0 rings (SSSR count). The number of ether oxygens (including phenoxy) is 4. The Balaban J connectivity index is 5.33. The van der Waals surface area contributed by atoms with E-state index >= 15 is 0 Å². The summed E-state index contributed by atoms with van der Waals surface area (Å²) in [4.78, 5) is 72.9. The van der Waals surface area contributed by atoms with Gasteiger partial charge in [-0.2, -0.15) is 0 Å². The van der Waals surface area contributed by atoms with Gasteiger partial charge >= 0.3 is 39.5 Å². The summed E-state index contributed by atoms with van der Waals surface area (Å²) < 4.78 is 68.5. The number of unbranched alkanes of at least 4 members (excludes halogenated alkanes) is 29. The van der Waals surface area contributed by atoms with Crippen molar-refractivity contribution in [3.8, 4) is 0 Å². The topological polar surface area (TPSA) is 237 Å². The molecule has 5 atom stereocenters. The second kappa shape index (κ2) is 73.0. The lowest BCUT2D eigenvalue weighted by Crippen LogP contribution is -2.30. The Morgan fingerprint density at radius 2 is 0.530 bits per heavy atom. The number of hydrogen-bond donors (Lipinski definition) is 3. The molecule has 0 aromatic carbocycles. The number of rotatable bonds is 73. The highest BCUT2D eigenvalue weighted by Gasteiger charge is 2.30. The van der Waals surface area contributed by atoms with E-state index in [1.807, 2.05) is 0 Å². The molecule has 0 aliphatic rings. The molecule has 0 spiro atoms. The summed E-state index contributed by atoms with van der Waals surface area (Å²) in [5.41, 5.74) is 0. The molecule has 0 radical (unpaired) electrons. The van der Waals surface area contributed by atoms with Crippen molar-refractivity contribution in [2.75, 3.05) is 39.6 Å². The van der Waals surface area contributed by atoms with Crippen molar-refractivity contribution in [3.63, 3.8) is 0 Å². The first-order valence-corrected chi connectivity index (χ1v) is 42.1. The molecule has 0 aliphatic heterocycles. The summed E-state index contributed by atoms with van der Waals surface area (Å²) in [6.45, 7) is 4.58. The van der Waals surface area contributed by atoms with Gasteiger partial charge in [-0.3, -0.25) is 37.3 Å². The lowest BCUT2D eigenvalue weighted by molar-refractivity contribution is -0.161. The zero-order chi connectivity index (χ0) is 73.2. The van der Waals surface area contributed by atoms with Gasteiger partial charge in [0.05, 0.1) is 26.4 Å². The van der Waals surface area contributed by atoms with E-state index in [1.54, 1.807) is 0 Å². The maximum Gasteiger partial charge on any atom is 0.472 e. The van der Waals surface area contributed by atoms with Gasteiger partial charge in [0.2, 0.25) is 0 Å². The standard InChI is InChI=1S/C81H140O17P2/c1-5-9-13-17-21-25-29-32-34-36-37-39-41-44-47-50-54-58-62-66-79(84)92-72-77(98-81(86)68-64-60-56-52-48-42-31-27-23-19-15-11-7-3)74-96-100(89,90)94-70-75(82)69-93-99(87,88)95-73-76(97-80(85)67-63-59-55-51-45-28-24-20-16-12-8-4)71-91-78(83)65-61-57-53-49-46-43-40-38-35-33-30-26-22-18-14-10-6-2/h9-10,13-14,20-22,24-26,32-35,37,39,44,47,75-77,82H,5-8,11-12,15-19,23,27-31,36,38,40-43,45-46,48-74H2,1-4H3,(H,87,88)(H,89,90)/b13-9-,14-10-,24-20-,25-21-,26-22-,34-32-,35-33-,39-37-,47-44-. The number of hydrogen-bond acceptors (Lipinski definition) is 15. The van der Waals surface area contributed by atoms with Crippen molar-refractivity contribution in [2.45, 2.75) is 341 Å². The molecule has 0 saturated heterocycles. The van der Waals surface area contributed by atoms with Gasteiger partial charge in [-0.25, -0.2) is 9.13 Å². The molecule has 576 valence electrons. The van der Waals surface area contributed by atoms with E-state index in [4.69, 9.17) is 37.0 Å². The van der Waals surface area contributed by atoms with Gasteiger partial charge in [-0.05, 0) is 122 Å². The fourth-order valence-electron chi connectivity index (χ4n) is 10.3. The smallest absolute Gasteiger partial charge is 0.462 e.